The lowest BCUT2D eigenvalue weighted by atomic mass is 10.1. The third-order valence-corrected chi connectivity index (χ3v) is 4.90. The standard InChI is InChI=1S/C23H23BrN2O/c1-17(2)26(22-14-10-20(24)11-15-22)16-23(27)25-21-12-8-19(9-13-21)18-6-4-3-5-7-18/h3-15,17H,16H2,1-2H3,(H,25,27). The molecule has 0 aliphatic heterocycles. The van der Waals surface area contributed by atoms with Gasteiger partial charge in [0.1, 0.15) is 0 Å². The molecule has 0 saturated carbocycles. The Hall–Kier alpha value is -2.59. The summed E-state index contributed by atoms with van der Waals surface area (Å²) in [5, 5.41) is 3.00. The highest BCUT2D eigenvalue weighted by atomic mass is 79.9. The van der Waals surface area contributed by atoms with E-state index in [1.54, 1.807) is 0 Å². The van der Waals surface area contributed by atoms with Crippen molar-refractivity contribution >= 4 is 33.2 Å². The van der Waals surface area contributed by atoms with Gasteiger partial charge in [0.25, 0.3) is 0 Å². The number of nitrogens with zero attached hydrogens (tertiary/aromatic N) is 1. The van der Waals surface area contributed by atoms with Crippen LogP contribution in [0.4, 0.5) is 11.4 Å². The van der Waals surface area contributed by atoms with Crippen LogP contribution in [0.25, 0.3) is 11.1 Å². The molecule has 0 radical (unpaired) electrons. The van der Waals surface area contributed by atoms with E-state index in [9.17, 15) is 4.79 Å². The number of benzene rings is 3. The lowest BCUT2D eigenvalue weighted by molar-refractivity contribution is -0.115. The van der Waals surface area contributed by atoms with E-state index in [0.29, 0.717) is 6.54 Å². The molecule has 0 fully saturated rings. The first-order valence-corrected chi connectivity index (χ1v) is 9.80. The number of carbonyl (C=O) groups is 1. The molecule has 0 aliphatic rings. The van der Waals surface area contributed by atoms with Crippen molar-refractivity contribution in [2.45, 2.75) is 19.9 Å². The van der Waals surface area contributed by atoms with Gasteiger partial charge in [0.15, 0.2) is 0 Å². The van der Waals surface area contributed by atoms with Gasteiger partial charge in [-0.05, 0) is 61.4 Å². The van der Waals surface area contributed by atoms with Crippen LogP contribution in [0.1, 0.15) is 13.8 Å². The average molecular weight is 423 g/mol. The summed E-state index contributed by atoms with van der Waals surface area (Å²) in [6.45, 7) is 4.48. The molecule has 1 amide bonds. The maximum Gasteiger partial charge on any atom is 0.243 e. The lowest BCUT2D eigenvalue weighted by Gasteiger charge is -2.28. The molecule has 3 nitrogen and oxygen atoms in total. The van der Waals surface area contributed by atoms with Crippen LogP contribution in [0.5, 0.6) is 0 Å². The topological polar surface area (TPSA) is 32.3 Å². The Balaban J connectivity index is 1.66. The van der Waals surface area contributed by atoms with Crippen LogP contribution >= 0.6 is 15.9 Å². The van der Waals surface area contributed by atoms with Crippen molar-refractivity contribution in [3.63, 3.8) is 0 Å². The highest BCUT2D eigenvalue weighted by molar-refractivity contribution is 9.10. The molecule has 0 atom stereocenters. The van der Waals surface area contributed by atoms with E-state index in [1.165, 1.54) is 0 Å². The largest absolute Gasteiger partial charge is 0.360 e. The predicted molar refractivity (Wildman–Crippen MR) is 117 cm³/mol. The van der Waals surface area contributed by atoms with E-state index in [4.69, 9.17) is 0 Å². The lowest BCUT2D eigenvalue weighted by Crippen LogP contribution is -2.38. The number of halogens is 1. The Morgan fingerprint density at radius 1 is 0.889 bits per heavy atom. The number of nitrogens with one attached hydrogen (secondary N) is 1. The van der Waals surface area contributed by atoms with Crippen molar-refractivity contribution in [2.24, 2.45) is 0 Å². The zero-order valence-corrected chi connectivity index (χ0v) is 17.1. The summed E-state index contributed by atoms with van der Waals surface area (Å²) in [5.74, 6) is -0.0286. The smallest absolute Gasteiger partial charge is 0.243 e. The van der Waals surface area contributed by atoms with Crippen molar-refractivity contribution in [1.82, 2.24) is 0 Å². The number of hydrogen-bond donors (Lipinski definition) is 1. The number of rotatable bonds is 6. The first kappa shape index (κ1) is 19.2. The Kier molecular flexibility index (Phi) is 6.30. The molecule has 27 heavy (non-hydrogen) atoms. The minimum Gasteiger partial charge on any atom is -0.360 e. The number of amides is 1. The third kappa shape index (κ3) is 5.20. The van der Waals surface area contributed by atoms with Gasteiger partial charge in [-0.3, -0.25) is 4.79 Å². The quantitative estimate of drug-likeness (QED) is 0.530. The van der Waals surface area contributed by atoms with Crippen molar-refractivity contribution in [1.29, 1.82) is 0 Å². The summed E-state index contributed by atoms with van der Waals surface area (Å²) in [7, 11) is 0. The van der Waals surface area contributed by atoms with E-state index in [2.05, 4.69) is 52.1 Å². The Bertz CT molecular complexity index is 875. The van der Waals surface area contributed by atoms with Crippen LogP contribution in [0.3, 0.4) is 0 Å². The molecule has 0 aliphatic carbocycles. The van der Waals surface area contributed by atoms with E-state index < -0.39 is 0 Å². The fourth-order valence-corrected chi connectivity index (χ4v) is 3.20. The zero-order chi connectivity index (χ0) is 19.2. The Morgan fingerprint density at radius 2 is 1.48 bits per heavy atom. The second-order valence-electron chi connectivity index (χ2n) is 6.69. The van der Waals surface area contributed by atoms with Gasteiger partial charge in [0, 0.05) is 21.9 Å². The molecule has 0 saturated heterocycles. The molecule has 1 N–H and O–H groups in total. The minimum absolute atomic E-state index is 0.0286. The zero-order valence-electron chi connectivity index (χ0n) is 15.5. The van der Waals surface area contributed by atoms with Gasteiger partial charge in [-0.2, -0.15) is 0 Å². The summed E-state index contributed by atoms with van der Waals surface area (Å²) < 4.78 is 1.03. The van der Waals surface area contributed by atoms with Gasteiger partial charge in [-0.1, -0.05) is 58.4 Å². The summed E-state index contributed by atoms with van der Waals surface area (Å²) in [4.78, 5) is 14.6. The van der Waals surface area contributed by atoms with E-state index in [1.807, 2.05) is 66.7 Å². The molecule has 0 aromatic heterocycles. The third-order valence-electron chi connectivity index (χ3n) is 4.37. The predicted octanol–water partition coefficient (Wildman–Crippen LogP) is 5.97. The molecule has 0 spiro atoms. The van der Waals surface area contributed by atoms with Crippen LogP contribution in [0.15, 0.2) is 83.3 Å². The van der Waals surface area contributed by atoms with Crippen LogP contribution in [0.2, 0.25) is 0 Å². The number of hydrogen-bond acceptors (Lipinski definition) is 2. The molecule has 3 aromatic rings. The van der Waals surface area contributed by atoms with Gasteiger partial charge in [-0.25, -0.2) is 0 Å². The van der Waals surface area contributed by atoms with E-state index >= 15 is 0 Å². The van der Waals surface area contributed by atoms with Gasteiger partial charge >= 0.3 is 0 Å². The second kappa shape index (κ2) is 8.87. The van der Waals surface area contributed by atoms with Gasteiger partial charge in [-0.15, -0.1) is 0 Å². The second-order valence-corrected chi connectivity index (χ2v) is 7.61. The fourth-order valence-electron chi connectivity index (χ4n) is 2.94. The van der Waals surface area contributed by atoms with Gasteiger partial charge in [0.05, 0.1) is 6.54 Å². The monoisotopic (exact) mass is 422 g/mol. The average Bonchev–Trinajstić information content (AvgIpc) is 2.68. The van der Waals surface area contributed by atoms with Crippen LogP contribution < -0.4 is 10.2 Å². The normalized spacial score (nSPS) is 10.7. The van der Waals surface area contributed by atoms with Crippen molar-refractivity contribution in [3.05, 3.63) is 83.3 Å². The molecular weight excluding hydrogens is 400 g/mol. The first-order chi connectivity index (χ1) is 13.0. The maximum atomic E-state index is 12.6. The molecule has 0 heterocycles. The molecule has 3 aromatic carbocycles. The number of anilines is 2. The van der Waals surface area contributed by atoms with Crippen LogP contribution in [0, 0.1) is 0 Å². The van der Waals surface area contributed by atoms with Gasteiger partial charge < -0.3 is 10.2 Å². The maximum absolute atomic E-state index is 12.6. The van der Waals surface area contributed by atoms with Gasteiger partial charge in [0.2, 0.25) is 5.91 Å². The molecule has 138 valence electrons. The molecular formula is C23H23BrN2O. The van der Waals surface area contributed by atoms with Crippen molar-refractivity contribution < 1.29 is 4.79 Å². The van der Waals surface area contributed by atoms with Crippen molar-refractivity contribution in [3.8, 4) is 11.1 Å². The summed E-state index contributed by atoms with van der Waals surface area (Å²) in [5.41, 5.74) is 4.13. The SMILES string of the molecule is CC(C)N(CC(=O)Nc1ccc(-c2ccccc2)cc1)c1ccc(Br)cc1. The summed E-state index contributed by atoms with van der Waals surface area (Å²) >= 11 is 3.45. The van der Waals surface area contributed by atoms with E-state index in [-0.39, 0.29) is 11.9 Å². The molecule has 4 heteroatoms. The molecule has 0 unspecified atom stereocenters. The molecule has 3 rings (SSSR count). The highest BCUT2D eigenvalue weighted by Crippen LogP contribution is 2.22. The van der Waals surface area contributed by atoms with Crippen LogP contribution in [-0.2, 0) is 4.79 Å². The fraction of sp³-hybridized carbons (Fsp3) is 0.174. The Morgan fingerprint density at radius 3 is 2.07 bits per heavy atom. The Labute approximate surface area is 169 Å². The minimum atomic E-state index is -0.0286. The van der Waals surface area contributed by atoms with Crippen molar-refractivity contribution in [2.75, 3.05) is 16.8 Å². The first-order valence-electron chi connectivity index (χ1n) is 9.00. The molecule has 0 bridgehead atoms. The van der Waals surface area contributed by atoms with Crippen LogP contribution in [-0.4, -0.2) is 18.5 Å². The number of carbonyl (C=O) groups excluding carboxylic acids is 1. The summed E-state index contributed by atoms with van der Waals surface area (Å²) in [6, 6.07) is 26.4. The van der Waals surface area contributed by atoms with E-state index in [0.717, 1.165) is 27.0 Å². The highest BCUT2D eigenvalue weighted by Gasteiger charge is 2.15. The summed E-state index contributed by atoms with van der Waals surface area (Å²) in [6.07, 6.45) is 0.